The summed E-state index contributed by atoms with van der Waals surface area (Å²) >= 11 is 1.43. The van der Waals surface area contributed by atoms with Crippen LogP contribution in [0.4, 0.5) is 11.9 Å². The second-order valence-electron chi connectivity index (χ2n) is 5.91. The summed E-state index contributed by atoms with van der Waals surface area (Å²) in [5, 5.41) is 3.85. The molecule has 114 valence electrons. The van der Waals surface area contributed by atoms with Crippen molar-refractivity contribution in [2.75, 3.05) is 16.5 Å². The van der Waals surface area contributed by atoms with Gasteiger partial charge in [0.1, 0.15) is 0 Å². The van der Waals surface area contributed by atoms with E-state index in [0.717, 1.165) is 12.8 Å². The topological polar surface area (TPSA) is 71.0 Å². The number of carbonyl (C=O) groups is 1. The number of hydrogen-bond acceptors (Lipinski definition) is 6. The zero-order valence-corrected chi connectivity index (χ0v) is 13.7. The highest BCUT2D eigenvalue weighted by atomic mass is 32.2. The van der Waals surface area contributed by atoms with Crippen molar-refractivity contribution >= 4 is 29.6 Å². The molecule has 1 aromatic rings. The van der Waals surface area contributed by atoms with E-state index in [1.54, 1.807) is 4.90 Å². The van der Waals surface area contributed by atoms with Gasteiger partial charge in [-0.05, 0) is 45.9 Å². The summed E-state index contributed by atoms with van der Waals surface area (Å²) in [6.07, 6.45) is 5.44. The Hall–Kier alpha value is -1.63. The monoisotopic (exact) mass is 307 g/mol. The van der Waals surface area contributed by atoms with Crippen LogP contribution in [0.3, 0.4) is 0 Å². The first-order valence-electron chi connectivity index (χ1n) is 6.88. The van der Waals surface area contributed by atoms with Crippen LogP contribution in [0.25, 0.3) is 0 Å². The van der Waals surface area contributed by atoms with E-state index in [2.05, 4.69) is 26.8 Å². The molecule has 1 amide bonds. The molecule has 0 saturated heterocycles. The van der Waals surface area contributed by atoms with Crippen molar-refractivity contribution in [3.63, 3.8) is 0 Å². The number of thioether (sulfide) groups is 1. The molecular weight excluding hydrogens is 286 g/mol. The third-order valence-corrected chi connectivity index (χ3v) is 3.51. The van der Waals surface area contributed by atoms with Crippen LogP contribution in [-0.2, 0) is 4.79 Å². The van der Waals surface area contributed by atoms with Gasteiger partial charge in [0.2, 0.25) is 11.9 Å². The van der Waals surface area contributed by atoms with E-state index in [1.807, 2.05) is 27.0 Å². The number of carbonyl (C=O) groups excluding carboxylic acids is 1. The number of nitrogens with zero attached hydrogens (tertiary/aromatic N) is 4. The quantitative estimate of drug-likeness (QED) is 0.665. The summed E-state index contributed by atoms with van der Waals surface area (Å²) < 4.78 is 0. The molecule has 1 aliphatic rings. The average molecular weight is 307 g/mol. The summed E-state index contributed by atoms with van der Waals surface area (Å²) in [5.41, 5.74) is -0.445. The van der Waals surface area contributed by atoms with Gasteiger partial charge in [-0.3, -0.25) is 9.69 Å². The molecule has 1 aromatic heterocycles. The van der Waals surface area contributed by atoms with Crippen LogP contribution in [0.15, 0.2) is 17.8 Å². The van der Waals surface area contributed by atoms with Gasteiger partial charge in [0.05, 0.1) is 0 Å². The summed E-state index contributed by atoms with van der Waals surface area (Å²) in [7, 11) is 0. The van der Waals surface area contributed by atoms with Crippen molar-refractivity contribution in [1.82, 2.24) is 15.0 Å². The van der Waals surface area contributed by atoms with Gasteiger partial charge in [0.15, 0.2) is 5.16 Å². The second kappa shape index (κ2) is 6.01. The highest BCUT2D eigenvalue weighted by molar-refractivity contribution is 7.98. The lowest BCUT2D eigenvalue weighted by atomic mass is 10.1. The smallest absolute Gasteiger partial charge is 0.253 e. The summed E-state index contributed by atoms with van der Waals surface area (Å²) in [6, 6.07) is 0.438. The Labute approximate surface area is 129 Å². The largest absolute Gasteiger partial charge is 0.351 e. The minimum absolute atomic E-state index is 0.224. The first-order valence-corrected chi connectivity index (χ1v) is 8.11. The van der Waals surface area contributed by atoms with Crippen molar-refractivity contribution in [3.8, 4) is 0 Å². The number of rotatable bonds is 5. The molecule has 7 heteroatoms. The van der Waals surface area contributed by atoms with Gasteiger partial charge in [0.25, 0.3) is 5.91 Å². The molecule has 0 bridgehead atoms. The fraction of sp³-hybridized carbons (Fsp3) is 0.571. The van der Waals surface area contributed by atoms with E-state index in [1.165, 1.54) is 17.8 Å². The number of anilines is 2. The van der Waals surface area contributed by atoms with Crippen molar-refractivity contribution in [1.29, 1.82) is 0 Å². The average Bonchev–Trinajstić information content (AvgIpc) is 3.20. The Morgan fingerprint density at radius 1 is 1.38 bits per heavy atom. The van der Waals surface area contributed by atoms with Crippen LogP contribution in [0.2, 0.25) is 0 Å². The summed E-state index contributed by atoms with van der Waals surface area (Å²) in [5.74, 6) is 0.658. The third kappa shape index (κ3) is 3.93. The lowest BCUT2D eigenvalue weighted by Crippen LogP contribution is -2.46. The molecule has 21 heavy (non-hydrogen) atoms. The molecule has 6 nitrogen and oxygen atoms in total. The first kappa shape index (κ1) is 15.8. The number of aromatic nitrogens is 3. The van der Waals surface area contributed by atoms with E-state index >= 15 is 0 Å². The molecule has 2 rings (SSSR count). The van der Waals surface area contributed by atoms with Crippen LogP contribution >= 0.6 is 11.8 Å². The van der Waals surface area contributed by atoms with Gasteiger partial charge in [-0.15, -0.1) is 0 Å². The Balaban J connectivity index is 2.42. The maximum atomic E-state index is 12.2. The van der Waals surface area contributed by atoms with Crippen molar-refractivity contribution in [2.24, 2.45) is 0 Å². The molecule has 1 heterocycles. The summed E-state index contributed by atoms with van der Waals surface area (Å²) in [4.78, 5) is 26.9. The van der Waals surface area contributed by atoms with Gasteiger partial charge < -0.3 is 5.32 Å². The van der Waals surface area contributed by atoms with E-state index in [-0.39, 0.29) is 5.91 Å². The van der Waals surface area contributed by atoms with Gasteiger partial charge >= 0.3 is 0 Å². The Kier molecular flexibility index (Phi) is 4.51. The van der Waals surface area contributed by atoms with E-state index < -0.39 is 5.54 Å². The van der Waals surface area contributed by atoms with Crippen molar-refractivity contribution in [3.05, 3.63) is 12.7 Å². The summed E-state index contributed by atoms with van der Waals surface area (Å²) in [6.45, 7) is 9.37. The minimum Gasteiger partial charge on any atom is -0.351 e. The number of hydrogen-bond donors (Lipinski definition) is 1. The highest BCUT2D eigenvalue weighted by Gasteiger charge is 2.30. The predicted molar refractivity (Wildman–Crippen MR) is 85.7 cm³/mol. The maximum absolute atomic E-state index is 12.2. The van der Waals surface area contributed by atoms with Crippen LogP contribution in [-0.4, -0.2) is 38.7 Å². The van der Waals surface area contributed by atoms with Gasteiger partial charge in [-0.1, -0.05) is 18.3 Å². The Bertz CT molecular complexity index is 551. The van der Waals surface area contributed by atoms with Crippen LogP contribution in [0.1, 0.15) is 33.6 Å². The molecule has 0 radical (unpaired) electrons. The molecule has 0 atom stereocenters. The zero-order chi connectivity index (χ0) is 15.6. The normalized spacial score (nSPS) is 14.7. The minimum atomic E-state index is -0.445. The molecule has 0 aromatic carbocycles. The van der Waals surface area contributed by atoms with Gasteiger partial charge in [-0.2, -0.15) is 15.0 Å². The standard InChI is InChI=1S/C14H21N5OS/c1-6-10(20)19(14(2,3)4)12-16-11(15-9-7-8-9)17-13(18-12)21-5/h6,9H,1,7-8H2,2-5H3,(H,15,16,17,18). The number of nitrogens with one attached hydrogen (secondary N) is 1. The molecular formula is C14H21N5OS. The van der Waals surface area contributed by atoms with Gasteiger partial charge in [0, 0.05) is 11.6 Å². The molecule has 1 fully saturated rings. The lowest BCUT2D eigenvalue weighted by molar-refractivity contribution is -0.115. The first-order chi connectivity index (χ1) is 9.85. The fourth-order valence-corrected chi connectivity index (χ4v) is 2.18. The van der Waals surface area contributed by atoms with E-state index in [0.29, 0.717) is 23.1 Å². The molecule has 1 saturated carbocycles. The lowest BCUT2D eigenvalue weighted by Gasteiger charge is -2.33. The molecule has 1 N–H and O–H groups in total. The van der Waals surface area contributed by atoms with Crippen LogP contribution in [0.5, 0.6) is 0 Å². The van der Waals surface area contributed by atoms with Gasteiger partial charge in [-0.25, -0.2) is 0 Å². The fourth-order valence-electron chi connectivity index (χ4n) is 1.83. The van der Waals surface area contributed by atoms with Crippen LogP contribution < -0.4 is 10.2 Å². The van der Waals surface area contributed by atoms with E-state index in [9.17, 15) is 4.79 Å². The zero-order valence-electron chi connectivity index (χ0n) is 12.9. The van der Waals surface area contributed by atoms with Crippen molar-refractivity contribution < 1.29 is 4.79 Å². The predicted octanol–water partition coefficient (Wildman–Crippen LogP) is 2.49. The Morgan fingerprint density at radius 2 is 2.05 bits per heavy atom. The van der Waals surface area contributed by atoms with Crippen molar-refractivity contribution in [2.45, 2.75) is 50.4 Å². The molecule has 0 unspecified atom stereocenters. The maximum Gasteiger partial charge on any atom is 0.253 e. The molecule has 1 aliphatic carbocycles. The molecule has 0 aliphatic heterocycles. The van der Waals surface area contributed by atoms with E-state index in [4.69, 9.17) is 0 Å². The Morgan fingerprint density at radius 3 is 2.52 bits per heavy atom. The highest BCUT2D eigenvalue weighted by Crippen LogP contribution is 2.27. The number of amides is 1. The third-order valence-electron chi connectivity index (χ3n) is 2.96. The SMILES string of the molecule is C=CC(=O)N(c1nc(NC2CC2)nc(SC)n1)C(C)(C)C. The molecule has 0 spiro atoms. The second-order valence-corrected chi connectivity index (χ2v) is 6.69. The van der Waals surface area contributed by atoms with Crippen LogP contribution in [0, 0.1) is 0 Å².